The first-order valence-corrected chi connectivity index (χ1v) is 9.07. The summed E-state index contributed by atoms with van der Waals surface area (Å²) >= 11 is 18.9. The molecule has 0 aliphatic heterocycles. The third-order valence-electron chi connectivity index (χ3n) is 4.51. The molecule has 27 heavy (non-hydrogen) atoms. The lowest BCUT2D eigenvalue weighted by molar-refractivity contribution is -0.105. The maximum atomic E-state index is 13.3. The lowest BCUT2D eigenvalue weighted by Gasteiger charge is -2.16. The summed E-state index contributed by atoms with van der Waals surface area (Å²) in [5.74, 6) is 0.162. The van der Waals surface area contributed by atoms with Crippen molar-refractivity contribution >= 4 is 46.9 Å². The predicted octanol–water partition coefficient (Wildman–Crippen LogP) is 5.48. The van der Waals surface area contributed by atoms with Crippen LogP contribution in [0, 0.1) is 5.82 Å². The van der Waals surface area contributed by atoms with E-state index in [1.165, 1.54) is 18.2 Å². The van der Waals surface area contributed by atoms with Gasteiger partial charge in [-0.3, -0.25) is 4.79 Å². The Balaban J connectivity index is 1.74. The van der Waals surface area contributed by atoms with Crippen molar-refractivity contribution < 1.29 is 13.7 Å². The van der Waals surface area contributed by atoms with Crippen molar-refractivity contribution in [1.82, 2.24) is 10.1 Å². The molecule has 1 aliphatic carbocycles. The Labute approximate surface area is 168 Å². The minimum absolute atomic E-state index is 0.176. The molecule has 1 aromatic heterocycles. The number of nitrogens with one attached hydrogen (secondary N) is 1. The van der Waals surface area contributed by atoms with Crippen LogP contribution in [0.2, 0.25) is 15.1 Å². The lowest BCUT2D eigenvalue weighted by atomic mass is 9.94. The zero-order chi connectivity index (χ0) is 19.2. The number of anilines is 1. The van der Waals surface area contributed by atoms with E-state index in [-0.39, 0.29) is 10.9 Å². The summed E-state index contributed by atoms with van der Waals surface area (Å²) < 4.78 is 18.6. The van der Waals surface area contributed by atoms with Gasteiger partial charge in [0.25, 0.3) is 5.89 Å². The fraction of sp³-hybridized carbons (Fsp3) is 0.167. The van der Waals surface area contributed by atoms with Gasteiger partial charge in [0, 0.05) is 21.3 Å². The van der Waals surface area contributed by atoms with Crippen LogP contribution in [-0.4, -0.2) is 16.6 Å². The van der Waals surface area contributed by atoms with Gasteiger partial charge in [0.1, 0.15) is 5.82 Å². The summed E-state index contributed by atoms with van der Waals surface area (Å²) in [7, 11) is 0. The van der Waals surface area contributed by atoms with Gasteiger partial charge in [-0.2, -0.15) is 4.98 Å². The van der Waals surface area contributed by atoms with Crippen LogP contribution in [0.4, 0.5) is 10.1 Å². The third-order valence-corrected chi connectivity index (χ3v) is 5.42. The number of carbonyl (C=O) groups is 1. The summed E-state index contributed by atoms with van der Waals surface area (Å²) in [4.78, 5) is 15.1. The van der Waals surface area contributed by atoms with Crippen molar-refractivity contribution in [3.63, 3.8) is 0 Å². The lowest BCUT2D eigenvalue weighted by Crippen LogP contribution is -2.13. The molecule has 0 radical (unpaired) electrons. The minimum atomic E-state index is -0.567. The largest absolute Gasteiger partial charge is 0.334 e. The molecule has 1 saturated carbocycles. The first kappa shape index (κ1) is 18.2. The smallest absolute Gasteiger partial charge is 0.259 e. The van der Waals surface area contributed by atoms with E-state index < -0.39 is 11.2 Å². The van der Waals surface area contributed by atoms with Crippen LogP contribution in [0.15, 0.2) is 34.9 Å². The van der Waals surface area contributed by atoms with Crippen molar-refractivity contribution in [3.05, 3.63) is 62.6 Å². The maximum absolute atomic E-state index is 13.3. The number of hydrogen-bond acceptors (Lipinski definition) is 4. The Morgan fingerprint density at radius 1 is 1.11 bits per heavy atom. The average molecular weight is 427 g/mol. The monoisotopic (exact) mass is 425 g/mol. The zero-order valence-corrected chi connectivity index (χ0v) is 15.9. The van der Waals surface area contributed by atoms with E-state index in [0.717, 1.165) is 12.8 Å². The topological polar surface area (TPSA) is 68.0 Å². The Morgan fingerprint density at radius 3 is 2.41 bits per heavy atom. The average Bonchev–Trinajstić information content (AvgIpc) is 3.23. The molecule has 0 unspecified atom stereocenters. The summed E-state index contributed by atoms with van der Waals surface area (Å²) in [5.41, 5.74) is 1.05. The number of hydrogen-bond donors (Lipinski definition) is 1. The van der Waals surface area contributed by atoms with E-state index in [9.17, 15) is 9.18 Å². The molecule has 1 fully saturated rings. The number of benzene rings is 2. The molecule has 3 aromatic rings. The van der Waals surface area contributed by atoms with E-state index in [0.29, 0.717) is 39.1 Å². The van der Waals surface area contributed by atoms with Crippen molar-refractivity contribution in [3.8, 4) is 11.5 Å². The summed E-state index contributed by atoms with van der Waals surface area (Å²) in [6, 6.07) is 7.17. The highest BCUT2D eigenvalue weighted by atomic mass is 35.5. The van der Waals surface area contributed by atoms with Crippen molar-refractivity contribution in [2.24, 2.45) is 0 Å². The van der Waals surface area contributed by atoms with Crippen molar-refractivity contribution in [2.45, 2.75) is 18.3 Å². The van der Waals surface area contributed by atoms with Crippen LogP contribution in [-0.2, 0) is 10.2 Å². The third kappa shape index (κ3) is 3.18. The van der Waals surface area contributed by atoms with E-state index in [2.05, 4.69) is 15.5 Å². The molecule has 0 spiro atoms. The highest BCUT2D eigenvalue weighted by molar-refractivity contribution is 6.37. The highest BCUT2D eigenvalue weighted by Crippen LogP contribution is 2.57. The van der Waals surface area contributed by atoms with Crippen LogP contribution in [0.3, 0.4) is 0 Å². The quantitative estimate of drug-likeness (QED) is 0.548. The van der Waals surface area contributed by atoms with Crippen molar-refractivity contribution in [2.75, 3.05) is 5.32 Å². The molecule has 1 amide bonds. The van der Waals surface area contributed by atoms with Gasteiger partial charge < -0.3 is 9.84 Å². The minimum Gasteiger partial charge on any atom is -0.334 e. The summed E-state index contributed by atoms with van der Waals surface area (Å²) in [6.45, 7) is 0. The molecule has 1 N–H and O–H groups in total. The van der Waals surface area contributed by atoms with Gasteiger partial charge in [0.15, 0.2) is 5.82 Å². The first-order chi connectivity index (χ1) is 12.9. The number of nitrogens with zero attached hydrogens (tertiary/aromatic N) is 2. The summed E-state index contributed by atoms with van der Waals surface area (Å²) in [5, 5.41) is 7.57. The van der Waals surface area contributed by atoms with Gasteiger partial charge >= 0.3 is 0 Å². The Morgan fingerprint density at radius 2 is 1.81 bits per heavy atom. The second-order valence-corrected chi connectivity index (χ2v) is 7.43. The molecule has 138 valence electrons. The molecular weight excluding hydrogens is 416 g/mol. The van der Waals surface area contributed by atoms with E-state index in [1.807, 2.05) is 0 Å². The normalized spacial score (nSPS) is 14.8. The molecular formula is C18H11Cl3FN3O2. The van der Waals surface area contributed by atoms with Gasteiger partial charge in [0.2, 0.25) is 6.41 Å². The molecule has 0 saturated heterocycles. The molecule has 5 nitrogen and oxygen atoms in total. The predicted molar refractivity (Wildman–Crippen MR) is 101 cm³/mol. The van der Waals surface area contributed by atoms with Gasteiger partial charge in [-0.15, -0.1) is 0 Å². The molecule has 9 heteroatoms. The van der Waals surface area contributed by atoms with Crippen LogP contribution in [0.25, 0.3) is 11.5 Å². The molecule has 1 aliphatic rings. The molecule has 1 heterocycles. The van der Waals surface area contributed by atoms with Gasteiger partial charge in [-0.25, -0.2) is 4.39 Å². The number of carbonyl (C=O) groups excluding carboxylic acids is 1. The Bertz CT molecular complexity index is 1030. The van der Waals surface area contributed by atoms with Gasteiger partial charge in [-0.1, -0.05) is 40.0 Å². The fourth-order valence-electron chi connectivity index (χ4n) is 3.08. The number of halogens is 4. The van der Waals surface area contributed by atoms with Crippen LogP contribution in [0.5, 0.6) is 0 Å². The van der Waals surface area contributed by atoms with Crippen LogP contribution in [0.1, 0.15) is 24.2 Å². The van der Waals surface area contributed by atoms with Gasteiger partial charge in [-0.05, 0) is 43.2 Å². The van der Waals surface area contributed by atoms with Crippen LogP contribution >= 0.6 is 34.8 Å². The standard InChI is InChI=1S/C18H11Cl3FN3O2/c19-12-5-9(22)1-2-11(12)16-24-17(25-27-16)18(3-4-18)15-13(20)6-10(23-8-26)7-14(15)21/h1-2,5-8H,3-4H2,(H,23,26). The number of amides is 1. The molecule has 0 bridgehead atoms. The van der Waals surface area contributed by atoms with E-state index in [1.54, 1.807) is 12.1 Å². The molecule has 4 rings (SSSR count). The molecule has 0 atom stereocenters. The van der Waals surface area contributed by atoms with Crippen molar-refractivity contribution in [1.29, 1.82) is 0 Å². The number of rotatable bonds is 5. The maximum Gasteiger partial charge on any atom is 0.259 e. The Kier molecular flexibility index (Phi) is 4.58. The van der Waals surface area contributed by atoms with E-state index in [4.69, 9.17) is 39.3 Å². The van der Waals surface area contributed by atoms with E-state index >= 15 is 0 Å². The van der Waals surface area contributed by atoms with Gasteiger partial charge in [0.05, 0.1) is 16.0 Å². The second kappa shape index (κ2) is 6.78. The molecule has 2 aromatic carbocycles. The van der Waals surface area contributed by atoms with Crippen LogP contribution < -0.4 is 5.32 Å². The Hall–Kier alpha value is -2.15. The fourth-order valence-corrected chi connectivity index (χ4v) is 4.18. The number of aromatic nitrogens is 2. The first-order valence-electron chi connectivity index (χ1n) is 7.94. The summed E-state index contributed by atoms with van der Waals surface area (Å²) in [6.07, 6.45) is 2.03. The SMILES string of the molecule is O=CNc1cc(Cl)c(C2(c3noc(-c4ccc(F)cc4Cl)n3)CC2)c(Cl)c1. The second-order valence-electron chi connectivity index (χ2n) is 6.21. The zero-order valence-electron chi connectivity index (χ0n) is 13.6. The highest BCUT2D eigenvalue weighted by Gasteiger charge is 2.52.